The van der Waals surface area contributed by atoms with Crippen LogP contribution < -0.4 is 5.32 Å². The van der Waals surface area contributed by atoms with Crippen molar-refractivity contribution in [2.75, 3.05) is 0 Å². The molecule has 0 radical (unpaired) electrons. The van der Waals surface area contributed by atoms with Gasteiger partial charge < -0.3 is 5.32 Å². The third kappa shape index (κ3) is 3.94. The van der Waals surface area contributed by atoms with E-state index in [9.17, 15) is 17.6 Å². The van der Waals surface area contributed by atoms with Crippen LogP contribution in [0.4, 0.5) is 4.39 Å². The van der Waals surface area contributed by atoms with Crippen LogP contribution in [0.15, 0.2) is 57.9 Å². The summed E-state index contributed by atoms with van der Waals surface area (Å²) in [5.74, 6) is -0.924. The van der Waals surface area contributed by atoms with Gasteiger partial charge in [-0.05, 0) is 43.3 Å². The second-order valence-corrected chi connectivity index (χ2v) is 8.67. The Morgan fingerprint density at radius 1 is 1.12 bits per heavy atom. The molecule has 0 atom stereocenters. The summed E-state index contributed by atoms with van der Waals surface area (Å²) in [7, 11) is -3.79. The number of thiophene rings is 1. The Bertz CT molecular complexity index is 1030. The van der Waals surface area contributed by atoms with Crippen LogP contribution in [-0.2, 0) is 16.4 Å². The Kier molecular flexibility index (Phi) is 5.10. The van der Waals surface area contributed by atoms with Crippen LogP contribution in [0.3, 0.4) is 0 Å². The molecular formula is C17H14FN3O3S2. The number of aryl methyl sites for hydroxylation is 1. The van der Waals surface area contributed by atoms with Crippen LogP contribution in [0, 0.1) is 12.7 Å². The van der Waals surface area contributed by atoms with Gasteiger partial charge in [-0.15, -0.1) is 11.3 Å². The van der Waals surface area contributed by atoms with Crippen molar-refractivity contribution in [1.82, 2.24) is 15.3 Å². The van der Waals surface area contributed by atoms with E-state index >= 15 is 0 Å². The summed E-state index contributed by atoms with van der Waals surface area (Å²) in [5, 5.41) is 2.67. The summed E-state index contributed by atoms with van der Waals surface area (Å²) in [6.45, 7) is 1.99. The molecule has 134 valence electrons. The Hall–Kier alpha value is -2.65. The number of halogens is 1. The number of carbonyl (C=O) groups excluding carboxylic acids is 1. The van der Waals surface area contributed by atoms with Gasteiger partial charge in [-0.1, -0.05) is 0 Å². The van der Waals surface area contributed by atoms with Gasteiger partial charge in [0.05, 0.1) is 33.9 Å². The summed E-state index contributed by atoms with van der Waals surface area (Å²) in [6.07, 6.45) is 3.16. The lowest BCUT2D eigenvalue weighted by molar-refractivity contribution is 0.0954. The third-order valence-corrected chi connectivity index (χ3v) is 6.80. The Morgan fingerprint density at radius 2 is 1.85 bits per heavy atom. The molecule has 0 spiro atoms. The van der Waals surface area contributed by atoms with Gasteiger partial charge in [0.25, 0.3) is 5.91 Å². The first-order valence-electron chi connectivity index (χ1n) is 7.52. The topological polar surface area (TPSA) is 89.0 Å². The number of benzene rings is 1. The number of sulfone groups is 1. The first kappa shape index (κ1) is 18.2. The highest BCUT2D eigenvalue weighted by Gasteiger charge is 2.21. The van der Waals surface area contributed by atoms with E-state index in [1.54, 1.807) is 12.4 Å². The second-order valence-electron chi connectivity index (χ2n) is 5.41. The highest BCUT2D eigenvalue weighted by atomic mass is 32.2. The molecule has 0 saturated heterocycles. The molecule has 1 amide bonds. The smallest absolute Gasteiger partial charge is 0.261 e. The van der Waals surface area contributed by atoms with E-state index in [4.69, 9.17) is 0 Å². The average molecular weight is 391 g/mol. The SMILES string of the molecule is Cc1cnc(CNC(=O)c2ccc(S(=O)(=O)c3ccc(F)cc3)s2)cn1. The van der Waals surface area contributed by atoms with E-state index in [2.05, 4.69) is 15.3 Å². The molecule has 0 saturated carbocycles. The molecule has 0 bridgehead atoms. The van der Waals surface area contributed by atoms with Crippen molar-refractivity contribution in [3.8, 4) is 0 Å². The zero-order valence-corrected chi connectivity index (χ0v) is 15.3. The van der Waals surface area contributed by atoms with Gasteiger partial charge in [0, 0.05) is 6.20 Å². The number of aromatic nitrogens is 2. The molecule has 1 aromatic carbocycles. The molecule has 2 heterocycles. The quantitative estimate of drug-likeness (QED) is 0.676. The van der Waals surface area contributed by atoms with Crippen molar-refractivity contribution < 1.29 is 17.6 Å². The van der Waals surface area contributed by atoms with Crippen molar-refractivity contribution in [2.45, 2.75) is 22.6 Å². The fourth-order valence-electron chi connectivity index (χ4n) is 2.09. The van der Waals surface area contributed by atoms with Crippen LogP contribution in [0.2, 0.25) is 0 Å². The van der Waals surface area contributed by atoms with Gasteiger partial charge in [-0.2, -0.15) is 0 Å². The van der Waals surface area contributed by atoms with Gasteiger partial charge in [-0.25, -0.2) is 12.8 Å². The molecule has 0 aliphatic heterocycles. The van der Waals surface area contributed by atoms with E-state index in [0.717, 1.165) is 29.2 Å². The lowest BCUT2D eigenvalue weighted by atomic mass is 10.4. The summed E-state index contributed by atoms with van der Waals surface area (Å²) >= 11 is 0.855. The molecule has 0 unspecified atom stereocenters. The number of hydrogen-bond donors (Lipinski definition) is 1. The Morgan fingerprint density at radius 3 is 2.50 bits per heavy atom. The number of amides is 1. The summed E-state index contributed by atoms with van der Waals surface area (Å²) in [6, 6.07) is 7.36. The fraction of sp³-hybridized carbons (Fsp3) is 0.118. The lowest BCUT2D eigenvalue weighted by Crippen LogP contribution is -2.22. The molecule has 0 fully saturated rings. The largest absolute Gasteiger partial charge is 0.346 e. The Balaban J connectivity index is 1.73. The maximum absolute atomic E-state index is 13.0. The summed E-state index contributed by atoms with van der Waals surface area (Å²) in [4.78, 5) is 20.7. The third-order valence-electron chi connectivity index (χ3n) is 3.46. The number of rotatable bonds is 5. The monoisotopic (exact) mass is 391 g/mol. The highest BCUT2D eigenvalue weighted by Crippen LogP contribution is 2.28. The number of nitrogens with zero attached hydrogens (tertiary/aromatic N) is 2. The zero-order valence-electron chi connectivity index (χ0n) is 13.6. The molecule has 3 aromatic rings. The van der Waals surface area contributed by atoms with Gasteiger partial charge in [-0.3, -0.25) is 14.8 Å². The van der Waals surface area contributed by atoms with E-state index < -0.39 is 21.6 Å². The van der Waals surface area contributed by atoms with Crippen LogP contribution in [0.25, 0.3) is 0 Å². The zero-order chi connectivity index (χ0) is 18.7. The lowest BCUT2D eigenvalue weighted by Gasteiger charge is -2.03. The maximum atomic E-state index is 13.0. The molecule has 6 nitrogen and oxygen atoms in total. The number of nitrogens with one attached hydrogen (secondary N) is 1. The van der Waals surface area contributed by atoms with E-state index in [-0.39, 0.29) is 20.5 Å². The predicted molar refractivity (Wildman–Crippen MR) is 94.1 cm³/mol. The minimum Gasteiger partial charge on any atom is -0.346 e. The minimum atomic E-state index is -3.79. The molecule has 3 rings (SSSR count). The summed E-state index contributed by atoms with van der Waals surface area (Å²) < 4.78 is 38.1. The van der Waals surface area contributed by atoms with Crippen LogP contribution in [-0.4, -0.2) is 24.3 Å². The first-order valence-corrected chi connectivity index (χ1v) is 9.82. The average Bonchev–Trinajstić information content (AvgIpc) is 3.12. The number of carbonyl (C=O) groups is 1. The van der Waals surface area contributed by atoms with E-state index in [1.165, 1.54) is 24.3 Å². The van der Waals surface area contributed by atoms with Crippen molar-refractivity contribution in [2.24, 2.45) is 0 Å². The van der Waals surface area contributed by atoms with Crippen molar-refractivity contribution in [3.63, 3.8) is 0 Å². The molecule has 0 aliphatic carbocycles. The number of hydrogen-bond acceptors (Lipinski definition) is 6. The molecule has 0 aliphatic rings. The van der Waals surface area contributed by atoms with Crippen LogP contribution >= 0.6 is 11.3 Å². The van der Waals surface area contributed by atoms with E-state index in [1.807, 2.05) is 6.92 Å². The normalized spacial score (nSPS) is 11.3. The van der Waals surface area contributed by atoms with Gasteiger partial charge >= 0.3 is 0 Å². The Labute approximate surface area is 153 Å². The van der Waals surface area contributed by atoms with Crippen LogP contribution in [0.1, 0.15) is 21.1 Å². The molecule has 1 N–H and O–H groups in total. The van der Waals surface area contributed by atoms with Gasteiger partial charge in [0.1, 0.15) is 10.0 Å². The van der Waals surface area contributed by atoms with Gasteiger partial charge in [0.15, 0.2) is 0 Å². The minimum absolute atomic E-state index is 0.0179. The first-order chi connectivity index (χ1) is 12.4. The second kappa shape index (κ2) is 7.30. The van der Waals surface area contributed by atoms with E-state index in [0.29, 0.717) is 5.69 Å². The van der Waals surface area contributed by atoms with Gasteiger partial charge in [0.2, 0.25) is 9.84 Å². The predicted octanol–water partition coefficient (Wildman–Crippen LogP) is 2.75. The molecule has 9 heteroatoms. The fourth-order valence-corrected chi connectivity index (χ4v) is 4.71. The van der Waals surface area contributed by atoms with Crippen molar-refractivity contribution >= 4 is 27.1 Å². The van der Waals surface area contributed by atoms with Crippen LogP contribution in [0.5, 0.6) is 0 Å². The molecule has 2 aromatic heterocycles. The van der Waals surface area contributed by atoms with Crippen molar-refractivity contribution in [3.05, 3.63) is 70.9 Å². The molecule has 26 heavy (non-hydrogen) atoms. The standard InChI is InChI=1S/C17H14FN3O3S2/c1-11-8-20-13(9-19-11)10-21-17(22)15-6-7-16(25-15)26(23,24)14-4-2-12(18)3-5-14/h2-9H,10H2,1H3,(H,21,22). The summed E-state index contributed by atoms with van der Waals surface area (Å²) in [5.41, 5.74) is 1.37. The highest BCUT2D eigenvalue weighted by molar-refractivity contribution is 7.93. The van der Waals surface area contributed by atoms with Crippen molar-refractivity contribution in [1.29, 1.82) is 0 Å². The molecular weight excluding hydrogens is 377 g/mol. The maximum Gasteiger partial charge on any atom is 0.261 e.